The van der Waals surface area contributed by atoms with Gasteiger partial charge in [0, 0.05) is 0 Å². The SMILES string of the molecule is CCC(C)(COCCOP(=O)(O)O)C(=O)OCCOCCOC(=O)CP(=O)(O)O. The molecule has 0 saturated carbocycles. The molecule has 0 fully saturated rings. The van der Waals surface area contributed by atoms with Gasteiger partial charge in [0.05, 0.1) is 38.4 Å². The number of carbonyl (C=O) groups is 2. The van der Waals surface area contributed by atoms with Crippen LogP contribution in [0.5, 0.6) is 0 Å². The Morgan fingerprint density at radius 2 is 1.41 bits per heavy atom. The predicted octanol–water partition coefficient (Wildman–Crippen LogP) is -0.191. The molecule has 0 aromatic carbocycles. The Morgan fingerprint density at radius 1 is 0.862 bits per heavy atom. The molecular weight excluding hydrogens is 438 g/mol. The van der Waals surface area contributed by atoms with E-state index in [2.05, 4.69) is 9.26 Å². The lowest BCUT2D eigenvalue weighted by atomic mass is 9.89. The first-order valence-corrected chi connectivity index (χ1v) is 11.8. The summed E-state index contributed by atoms with van der Waals surface area (Å²) >= 11 is 0. The third kappa shape index (κ3) is 15.6. The van der Waals surface area contributed by atoms with Crippen LogP contribution in [0.4, 0.5) is 0 Å². The lowest BCUT2D eigenvalue weighted by Gasteiger charge is -2.25. The Hall–Kier alpha value is -0.880. The van der Waals surface area contributed by atoms with Gasteiger partial charge in [-0.2, -0.15) is 0 Å². The number of hydrogen-bond acceptors (Lipinski definition) is 9. The minimum Gasteiger partial charge on any atom is -0.463 e. The maximum atomic E-state index is 12.2. The van der Waals surface area contributed by atoms with E-state index in [1.807, 2.05) is 0 Å². The molecule has 1 atom stereocenters. The van der Waals surface area contributed by atoms with Gasteiger partial charge in [-0.1, -0.05) is 6.92 Å². The molecule has 0 radical (unpaired) electrons. The zero-order valence-corrected chi connectivity index (χ0v) is 18.0. The van der Waals surface area contributed by atoms with Gasteiger partial charge < -0.3 is 38.5 Å². The maximum Gasteiger partial charge on any atom is 0.469 e. The van der Waals surface area contributed by atoms with Crippen molar-refractivity contribution in [2.45, 2.75) is 20.3 Å². The summed E-state index contributed by atoms with van der Waals surface area (Å²) in [6, 6.07) is 0. The fraction of sp³-hybridized carbons (Fsp3) is 0.857. The third-order valence-corrected chi connectivity index (χ3v) is 4.66. The zero-order valence-electron chi connectivity index (χ0n) is 16.2. The van der Waals surface area contributed by atoms with E-state index in [9.17, 15) is 18.7 Å². The number of esters is 2. The van der Waals surface area contributed by atoms with Crippen LogP contribution in [0.25, 0.3) is 0 Å². The molecule has 1 unspecified atom stereocenters. The van der Waals surface area contributed by atoms with Crippen molar-refractivity contribution < 1.29 is 61.8 Å². The molecule has 0 aromatic rings. The fourth-order valence-corrected chi connectivity index (χ4v) is 2.46. The molecule has 15 heteroatoms. The van der Waals surface area contributed by atoms with Gasteiger partial charge in [0.1, 0.15) is 19.4 Å². The average Bonchev–Trinajstić information content (AvgIpc) is 2.57. The van der Waals surface area contributed by atoms with Crippen LogP contribution in [0.15, 0.2) is 0 Å². The highest BCUT2D eigenvalue weighted by atomic mass is 31.2. The van der Waals surface area contributed by atoms with Crippen molar-refractivity contribution in [1.29, 1.82) is 0 Å². The first-order chi connectivity index (χ1) is 13.3. The second-order valence-electron chi connectivity index (χ2n) is 6.08. The summed E-state index contributed by atoms with van der Waals surface area (Å²) in [5.74, 6) is -1.59. The normalized spacial score (nSPS) is 14.3. The third-order valence-electron chi connectivity index (χ3n) is 3.47. The fourth-order valence-electron chi connectivity index (χ4n) is 1.72. The van der Waals surface area contributed by atoms with Gasteiger partial charge in [0.2, 0.25) is 0 Å². The summed E-state index contributed by atoms with van der Waals surface area (Å²) in [6.07, 6.45) is -0.616. The topological polar surface area (TPSA) is 195 Å². The van der Waals surface area contributed by atoms with Crippen LogP contribution < -0.4 is 0 Å². The van der Waals surface area contributed by atoms with Crippen LogP contribution in [0.1, 0.15) is 20.3 Å². The van der Waals surface area contributed by atoms with Crippen molar-refractivity contribution in [3.63, 3.8) is 0 Å². The smallest absolute Gasteiger partial charge is 0.463 e. The molecule has 0 aliphatic heterocycles. The molecule has 0 saturated heterocycles. The van der Waals surface area contributed by atoms with Gasteiger partial charge in [-0.3, -0.25) is 18.7 Å². The highest BCUT2D eigenvalue weighted by Gasteiger charge is 2.33. The Morgan fingerprint density at radius 3 is 1.93 bits per heavy atom. The Labute approximate surface area is 168 Å². The molecule has 0 bridgehead atoms. The van der Waals surface area contributed by atoms with Crippen molar-refractivity contribution in [3.8, 4) is 0 Å². The Bertz CT molecular complexity index is 598. The van der Waals surface area contributed by atoms with E-state index >= 15 is 0 Å². The average molecular weight is 466 g/mol. The van der Waals surface area contributed by atoms with Gasteiger partial charge in [-0.05, 0) is 13.3 Å². The largest absolute Gasteiger partial charge is 0.469 e. The minimum atomic E-state index is -4.56. The first-order valence-electron chi connectivity index (χ1n) is 8.52. The summed E-state index contributed by atoms with van der Waals surface area (Å²) in [7, 11) is -9.03. The van der Waals surface area contributed by atoms with E-state index in [0.29, 0.717) is 6.42 Å². The van der Waals surface area contributed by atoms with Gasteiger partial charge in [-0.15, -0.1) is 0 Å². The molecule has 0 aromatic heterocycles. The van der Waals surface area contributed by atoms with E-state index in [-0.39, 0.29) is 46.2 Å². The highest BCUT2D eigenvalue weighted by Crippen LogP contribution is 2.35. The minimum absolute atomic E-state index is 0.0125. The predicted molar refractivity (Wildman–Crippen MR) is 96.9 cm³/mol. The molecule has 0 heterocycles. The summed E-state index contributed by atoms with van der Waals surface area (Å²) in [6.45, 7) is 2.57. The monoisotopic (exact) mass is 466 g/mol. The summed E-state index contributed by atoms with van der Waals surface area (Å²) < 4.78 is 45.3. The molecule has 29 heavy (non-hydrogen) atoms. The van der Waals surface area contributed by atoms with Crippen LogP contribution in [-0.4, -0.2) is 83.9 Å². The number of carbonyl (C=O) groups excluding carboxylic acids is 2. The number of rotatable bonds is 16. The highest BCUT2D eigenvalue weighted by molar-refractivity contribution is 7.52. The Balaban J connectivity index is 3.95. The lowest BCUT2D eigenvalue weighted by Crippen LogP contribution is -2.35. The Kier molecular flexibility index (Phi) is 13.0. The number of hydrogen-bond donors (Lipinski definition) is 4. The van der Waals surface area contributed by atoms with Crippen LogP contribution in [-0.2, 0) is 42.2 Å². The summed E-state index contributed by atoms with van der Waals surface area (Å²) in [5.41, 5.74) is -0.972. The molecular formula is C14H28O13P2. The molecule has 0 spiro atoms. The van der Waals surface area contributed by atoms with E-state index in [4.69, 9.17) is 33.8 Å². The molecule has 172 valence electrons. The number of phosphoric acid groups is 1. The molecule has 0 rings (SSSR count). The van der Waals surface area contributed by atoms with Crippen LogP contribution in [0, 0.1) is 5.41 Å². The van der Waals surface area contributed by atoms with Crippen molar-refractivity contribution in [2.24, 2.45) is 5.41 Å². The number of phosphoric ester groups is 1. The molecule has 0 aliphatic rings. The van der Waals surface area contributed by atoms with Crippen molar-refractivity contribution in [3.05, 3.63) is 0 Å². The lowest BCUT2D eigenvalue weighted by molar-refractivity contribution is -0.161. The van der Waals surface area contributed by atoms with Crippen molar-refractivity contribution in [2.75, 3.05) is 52.4 Å². The van der Waals surface area contributed by atoms with Gasteiger partial charge in [0.25, 0.3) is 0 Å². The van der Waals surface area contributed by atoms with Crippen molar-refractivity contribution in [1.82, 2.24) is 0 Å². The van der Waals surface area contributed by atoms with E-state index < -0.39 is 38.9 Å². The molecule has 0 amide bonds. The molecule has 4 N–H and O–H groups in total. The summed E-state index contributed by atoms with van der Waals surface area (Å²) in [5, 5.41) is 0. The second kappa shape index (κ2) is 13.4. The van der Waals surface area contributed by atoms with Gasteiger partial charge in [0.15, 0.2) is 0 Å². The quantitative estimate of drug-likeness (QED) is 0.133. The zero-order chi connectivity index (χ0) is 22.6. The van der Waals surface area contributed by atoms with Crippen LogP contribution in [0.2, 0.25) is 0 Å². The van der Waals surface area contributed by atoms with Crippen LogP contribution >= 0.6 is 15.4 Å². The van der Waals surface area contributed by atoms with Crippen LogP contribution in [0.3, 0.4) is 0 Å². The number of ether oxygens (including phenoxy) is 4. The molecule has 0 aliphatic carbocycles. The van der Waals surface area contributed by atoms with Crippen molar-refractivity contribution >= 4 is 27.4 Å². The first kappa shape index (κ1) is 28.1. The second-order valence-corrected chi connectivity index (χ2v) is 8.97. The maximum absolute atomic E-state index is 12.2. The van der Waals surface area contributed by atoms with Gasteiger partial charge >= 0.3 is 27.4 Å². The molecule has 13 nitrogen and oxygen atoms in total. The summed E-state index contributed by atoms with van der Waals surface area (Å²) in [4.78, 5) is 57.5. The van der Waals surface area contributed by atoms with E-state index in [1.54, 1.807) is 13.8 Å². The standard InChI is InChI=1S/C14H28O13P2/c1-3-14(2,11-24-6-9-27-29(20,21)22)13(16)26-8-5-23-4-7-25-12(15)10-28(17,18)19/h3-11H2,1-2H3,(H2,17,18,19)(H2,20,21,22). The van der Waals surface area contributed by atoms with E-state index in [0.717, 1.165) is 0 Å². The van der Waals surface area contributed by atoms with E-state index in [1.165, 1.54) is 0 Å². The van der Waals surface area contributed by atoms with Gasteiger partial charge in [-0.25, -0.2) is 4.57 Å².